The summed E-state index contributed by atoms with van der Waals surface area (Å²) < 4.78 is 33.4. The van der Waals surface area contributed by atoms with Crippen LogP contribution in [0, 0.1) is 0 Å². The molecular weight excluding hydrogens is 715 g/mol. The highest BCUT2D eigenvalue weighted by molar-refractivity contribution is 7.47. The molecule has 0 spiro atoms. The van der Waals surface area contributed by atoms with Gasteiger partial charge < -0.3 is 24.6 Å². The maximum Gasteiger partial charge on any atom is 0.472 e. The Morgan fingerprint density at radius 1 is 0.582 bits per heavy atom. The maximum absolute atomic E-state index is 12.6. The lowest BCUT2D eigenvalue weighted by Crippen LogP contribution is -2.29. The number of allylic oxidation sites excluding steroid dienone is 8. The zero-order valence-corrected chi connectivity index (χ0v) is 36.0. The average molecular weight is 799 g/mol. The van der Waals surface area contributed by atoms with Crippen molar-refractivity contribution in [2.45, 2.75) is 199 Å². The third kappa shape index (κ3) is 41.9. The molecule has 3 N–H and O–H groups in total. The molecule has 0 aromatic rings. The van der Waals surface area contributed by atoms with Crippen LogP contribution in [0.15, 0.2) is 48.6 Å². The van der Waals surface area contributed by atoms with Crippen LogP contribution >= 0.6 is 7.82 Å². The van der Waals surface area contributed by atoms with Gasteiger partial charge in [0, 0.05) is 13.0 Å². The van der Waals surface area contributed by atoms with E-state index in [1.54, 1.807) is 0 Å². The van der Waals surface area contributed by atoms with Crippen molar-refractivity contribution >= 4 is 13.8 Å². The van der Waals surface area contributed by atoms with E-state index in [1.807, 2.05) is 0 Å². The summed E-state index contributed by atoms with van der Waals surface area (Å²) >= 11 is 0. The standard InChI is InChI=1S/C45H83O9P/c1-3-5-7-9-11-13-15-17-19-21-23-25-27-29-31-33-35-37-45(48)54-44(42-53-55(49,50)52-40-43(47)39-46)41-51-38-36-34-32-30-28-26-24-22-20-18-16-14-12-10-8-6-4-2/h5,7,11,13,17,19-20,22,43-44,46-47H,3-4,6,8-10,12,14-16,18,21,23-42H2,1-2H3,(H,49,50)/b7-5-,13-11-,19-17-,22-20-. The summed E-state index contributed by atoms with van der Waals surface area (Å²) in [7, 11) is -4.52. The Morgan fingerprint density at radius 2 is 1.04 bits per heavy atom. The minimum atomic E-state index is -4.52. The van der Waals surface area contributed by atoms with Crippen molar-refractivity contribution in [2.24, 2.45) is 0 Å². The van der Waals surface area contributed by atoms with Gasteiger partial charge in [-0.1, -0.05) is 159 Å². The van der Waals surface area contributed by atoms with E-state index in [4.69, 9.17) is 23.6 Å². The number of esters is 1. The molecule has 0 aliphatic heterocycles. The zero-order chi connectivity index (χ0) is 40.3. The Hall–Kier alpha value is -1.58. The van der Waals surface area contributed by atoms with Crippen LogP contribution in [0.4, 0.5) is 0 Å². The second-order valence-electron chi connectivity index (χ2n) is 14.7. The molecule has 10 heteroatoms. The zero-order valence-electron chi connectivity index (χ0n) is 35.1. The number of hydrogen-bond acceptors (Lipinski definition) is 8. The smallest absolute Gasteiger partial charge is 0.457 e. The Bertz CT molecular complexity index is 997. The van der Waals surface area contributed by atoms with Gasteiger partial charge in [-0.25, -0.2) is 4.57 Å². The predicted molar refractivity (Wildman–Crippen MR) is 228 cm³/mol. The van der Waals surface area contributed by atoms with Crippen molar-refractivity contribution in [1.82, 2.24) is 0 Å². The number of aliphatic hydroxyl groups excluding tert-OH is 2. The van der Waals surface area contributed by atoms with Crippen molar-refractivity contribution in [3.63, 3.8) is 0 Å². The van der Waals surface area contributed by atoms with Gasteiger partial charge >= 0.3 is 13.8 Å². The lowest BCUT2D eigenvalue weighted by Gasteiger charge is -2.20. The number of aliphatic hydroxyl groups is 2. The highest BCUT2D eigenvalue weighted by Gasteiger charge is 2.26. The predicted octanol–water partition coefficient (Wildman–Crippen LogP) is 12.2. The molecule has 0 amide bonds. The summed E-state index contributed by atoms with van der Waals surface area (Å²) in [5, 5.41) is 18.4. The molecule has 0 saturated heterocycles. The number of hydrogen-bond donors (Lipinski definition) is 3. The average Bonchev–Trinajstić information content (AvgIpc) is 3.18. The van der Waals surface area contributed by atoms with Crippen molar-refractivity contribution in [1.29, 1.82) is 0 Å². The van der Waals surface area contributed by atoms with Crippen LogP contribution in [-0.2, 0) is 27.9 Å². The van der Waals surface area contributed by atoms with E-state index in [-0.39, 0.29) is 19.6 Å². The third-order valence-corrected chi connectivity index (χ3v) is 10.2. The Labute approximate surface area is 337 Å². The number of unbranched alkanes of at least 4 members (excludes halogenated alkanes) is 20. The van der Waals surface area contributed by atoms with E-state index in [2.05, 4.69) is 62.5 Å². The summed E-state index contributed by atoms with van der Waals surface area (Å²) in [6, 6.07) is 0. The van der Waals surface area contributed by atoms with E-state index in [0.29, 0.717) is 13.0 Å². The highest BCUT2D eigenvalue weighted by Crippen LogP contribution is 2.43. The van der Waals surface area contributed by atoms with Gasteiger partial charge in [-0.15, -0.1) is 0 Å². The Balaban J connectivity index is 4.19. The molecular formula is C45H83O9P. The molecule has 0 fully saturated rings. The van der Waals surface area contributed by atoms with E-state index in [0.717, 1.165) is 70.6 Å². The Kier molecular flexibility index (Phi) is 40.8. The first-order chi connectivity index (χ1) is 26.8. The first kappa shape index (κ1) is 53.4. The molecule has 55 heavy (non-hydrogen) atoms. The van der Waals surface area contributed by atoms with Gasteiger partial charge in [0.2, 0.25) is 0 Å². The molecule has 0 bridgehead atoms. The molecule has 0 heterocycles. The fourth-order valence-electron chi connectivity index (χ4n) is 5.89. The number of carbonyl (C=O) groups excluding carboxylic acids is 1. The molecule has 0 saturated carbocycles. The van der Waals surface area contributed by atoms with Crippen LogP contribution in [0.3, 0.4) is 0 Å². The molecule has 0 aliphatic carbocycles. The van der Waals surface area contributed by atoms with Crippen LogP contribution in [0.1, 0.15) is 187 Å². The third-order valence-electron chi connectivity index (χ3n) is 9.25. The largest absolute Gasteiger partial charge is 0.472 e. The number of phosphoric ester groups is 1. The SMILES string of the molecule is CC/C=C\C/C=C\C/C=C\CCCCCCCCCC(=O)OC(COCCCCCCCC/C=C\CCCCCCCCC)COP(=O)(O)OCC(O)CO. The van der Waals surface area contributed by atoms with Crippen molar-refractivity contribution in [3.8, 4) is 0 Å². The van der Waals surface area contributed by atoms with Crippen LogP contribution in [0.25, 0.3) is 0 Å². The summed E-state index contributed by atoms with van der Waals surface area (Å²) in [5.41, 5.74) is 0. The quantitative estimate of drug-likeness (QED) is 0.0239. The number of rotatable bonds is 42. The summed E-state index contributed by atoms with van der Waals surface area (Å²) in [6.45, 7) is 3.38. The number of ether oxygens (including phenoxy) is 2. The second-order valence-corrected chi connectivity index (χ2v) is 16.1. The van der Waals surface area contributed by atoms with Gasteiger partial charge in [-0.3, -0.25) is 13.8 Å². The van der Waals surface area contributed by atoms with E-state index >= 15 is 0 Å². The van der Waals surface area contributed by atoms with Crippen LogP contribution < -0.4 is 0 Å². The van der Waals surface area contributed by atoms with Gasteiger partial charge in [0.05, 0.1) is 26.4 Å². The summed E-state index contributed by atoms with van der Waals surface area (Å²) in [4.78, 5) is 22.6. The van der Waals surface area contributed by atoms with Gasteiger partial charge in [0.25, 0.3) is 0 Å². The van der Waals surface area contributed by atoms with E-state index in [1.165, 1.54) is 89.9 Å². The maximum atomic E-state index is 12.6. The molecule has 0 rings (SSSR count). The minimum absolute atomic E-state index is 0.0404. The fraction of sp³-hybridized carbons (Fsp3) is 0.800. The van der Waals surface area contributed by atoms with Crippen molar-refractivity contribution in [3.05, 3.63) is 48.6 Å². The Morgan fingerprint density at radius 3 is 1.58 bits per heavy atom. The van der Waals surface area contributed by atoms with Gasteiger partial charge in [0.15, 0.2) is 0 Å². The monoisotopic (exact) mass is 799 g/mol. The van der Waals surface area contributed by atoms with Crippen LogP contribution in [0.5, 0.6) is 0 Å². The molecule has 9 nitrogen and oxygen atoms in total. The number of phosphoric acid groups is 1. The lowest BCUT2D eigenvalue weighted by molar-refractivity contribution is -0.154. The van der Waals surface area contributed by atoms with Crippen molar-refractivity contribution < 1.29 is 43.0 Å². The molecule has 0 radical (unpaired) electrons. The molecule has 0 aromatic heterocycles. The fourth-order valence-corrected chi connectivity index (χ4v) is 6.68. The molecule has 0 aliphatic rings. The molecule has 322 valence electrons. The summed E-state index contributed by atoms with van der Waals surface area (Å²) in [5.74, 6) is -0.395. The number of carbonyl (C=O) groups is 1. The van der Waals surface area contributed by atoms with E-state index < -0.39 is 39.2 Å². The first-order valence-electron chi connectivity index (χ1n) is 22.1. The molecule has 0 aromatic carbocycles. The normalized spacial score (nSPS) is 14.5. The summed E-state index contributed by atoms with van der Waals surface area (Å²) in [6.07, 6.45) is 46.4. The second kappa shape index (κ2) is 42.0. The highest BCUT2D eigenvalue weighted by atomic mass is 31.2. The van der Waals surface area contributed by atoms with E-state index in [9.17, 15) is 19.4 Å². The van der Waals surface area contributed by atoms with Gasteiger partial charge in [-0.05, 0) is 70.6 Å². The van der Waals surface area contributed by atoms with Gasteiger partial charge in [0.1, 0.15) is 12.2 Å². The van der Waals surface area contributed by atoms with Crippen LogP contribution in [-0.4, -0.2) is 66.3 Å². The minimum Gasteiger partial charge on any atom is -0.457 e. The topological polar surface area (TPSA) is 132 Å². The lowest BCUT2D eigenvalue weighted by atomic mass is 10.1. The van der Waals surface area contributed by atoms with Crippen LogP contribution in [0.2, 0.25) is 0 Å². The first-order valence-corrected chi connectivity index (χ1v) is 23.6. The molecule has 3 unspecified atom stereocenters. The van der Waals surface area contributed by atoms with Gasteiger partial charge in [-0.2, -0.15) is 0 Å². The molecule has 3 atom stereocenters. The van der Waals surface area contributed by atoms with Crippen molar-refractivity contribution in [2.75, 3.05) is 33.0 Å².